The first-order valence-corrected chi connectivity index (χ1v) is 5.50. The summed E-state index contributed by atoms with van der Waals surface area (Å²) in [5.74, 6) is -0.261. The van der Waals surface area contributed by atoms with Crippen LogP contribution in [0.25, 0.3) is 0 Å². The third-order valence-corrected chi connectivity index (χ3v) is 2.48. The molecule has 1 heterocycles. The van der Waals surface area contributed by atoms with Gasteiger partial charge in [-0.2, -0.15) is 0 Å². The fraction of sp³-hybridized carbons (Fsp3) is 0.400. The van der Waals surface area contributed by atoms with Crippen molar-refractivity contribution in [2.24, 2.45) is 0 Å². The molecule has 0 saturated carbocycles. The van der Waals surface area contributed by atoms with Gasteiger partial charge in [-0.25, -0.2) is 4.98 Å². The van der Waals surface area contributed by atoms with Gasteiger partial charge in [-0.05, 0) is 34.5 Å². The summed E-state index contributed by atoms with van der Waals surface area (Å²) in [7, 11) is 0. The Bertz CT molecular complexity index is 323. The van der Waals surface area contributed by atoms with Gasteiger partial charge in [0.25, 0.3) is 5.91 Å². The van der Waals surface area contributed by atoms with Gasteiger partial charge in [0.2, 0.25) is 0 Å². The highest BCUT2D eigenvalue weighted by Crippen LogP contribution is 2.07. The summed E-state index contributed by atoms with van der Waals surface area (Å²) < 4.78 is 0.827. The topological polar surface area (TPSA) is 62.2 Å². The maximum Gasteiger partial charge on any atom is 0.270 e. The van der Waals surface area contributed by atoms with Crippen LogP contribution in [0.1, 0.15) is 23.8 Å². The number of aliphatic hydroxyl groups is 1. The minimum Gasteiger partial charge on any atom is -0.394 e. The number of carbonyl (C=O) groups is 1. The van der Waals surface area contributed by atoms with Crippen molar-refractivity contribution in [2.75, 3.05) is 6.61 Å². The number of hydrogen-bond acceptors (Lipinski definition) is 3. The van der Waals surface area contributed by atoms with Crippen LogP contribution in [0.5, 0.6) is 0 Å². The summed E-state index contributed by atoms with van der Waals surface area (Å²) in [4.78, 5) is 15.5. The van der Waals surface area contributed by atoms with Gasteiger partial charge in [0.05, 0.1) is 12.6 Å². The van der Waals surface area contributed by atoms with E-state index in [1.165, 1.54) is 0 Å². The Morgan fingerprint density at radius 1 is 1.67 bits per heavy atom. The average molecular weight is 273 g/mol. The van der Waals surface area contributed by atoms with Crippen molar-refractivity contribution in [2.45, 2.75) is 19.4 Å². The van der Waals surface area contributed by atoms with Crippen molar-refractivity contribution in [3.63, 3.8) is 0 Å². The molecule has 1 unspecified atom stereocenters. The highest BCUT2D eigenvalue weighted by atomic mass is 79.9. The summed E-state index contributed by atoms with van der Waals surface area (Å²) in [5, 5.41) is 11.6. The smallest absolute Gasteiger partial charge is 0.270 e. The number of nitrogens with one attached hydrogen (secondary N) is 1. The molecule has 5 heteroatoms. The Labute approximate surface area is 96.8 Å². The summed E-state index contributed by atoms with van der Waals surface area (Å²) in [6.45, 7) is 1.84. The first kappa shape index (κ1) is 12.1. The molecule has 4 nitrogen and oxygen atoms in total. The van der Waals surface area contributed by atoms with Crippen molar-refractivity contribution in [3.05, 3.63) is 28.5 Å². The molecule has 1 rings (SSSR count). The van der Waals surface area contributed by atoms with Gasteiger partial charge >= 0.3 is 0 Å². The molecule has 2 N–H and O–H groups in total. The number of nitrogens with zero attached hydrogens (tertiary/aromatic N) is 1. The molecule has 1 atom stereocenters. The van der Waals surface area contributed by atoms with Gasteiger partial charge in [-0.15, -0.1) is 0 Å². The van der Waals surface area contributed by atoms with Gasteiger partial charge in [-0.3, -0.25) is 4.79 Å². The molecule has 0 saturated heterocycles. The van der Waals surface area contributed by atoms with E-state index in [2.05, 4.69) is 26.2 Å². The highest BCUT2D eigenvalue weighted by Gasteiger charge is 2.11. The standard InChI is InChI=1S/C10H13BrN2O2/c1-2-8(6-14)13-10(15)9-4-3-7(11)5-12-9/h3-5,8,14H,2,6H2,1H3,(H,13,15). The van der Waals surface area contributed by atoms with Crippen molar-refractivity contribution >= 4 is 21.8 Å². The minimum absolute atomic E-state index is 0.0568. The van der Waals surface area contributed by atoms with Crippen LogP contribution in [0, 0.1) is 0 Å². The quantitative estimate of drug-likeness (QED) is 0.870. The van der Waals surface area contributed by atoms with Crippen LogP contribution in [0.2, 0.25) is 0 Å². The lowest BCUT2D eigenvalue weighted by atomic mass is 10.2. The van der Waals surface area contributed by atoms with Crippen LogP contribution in [-0.2, 0) is 0 Å². The van der Waals surface area contributed by atoms with Gasteiger partial charge in [0, 0.05) is 10.7 Å². The van der Waals surface area contributed by atoms with Crippen molar-refractivity contribution in [1.29, 1.82) is 0 Å². The molecule has 0 aromatic carbocycles. The fourth-order valence-electron chi connectivity index (χ4n) is 1.05. The van der Waals surface area contributed by atoms with Crippen molar-refractivity contribution < 1.29 is 9.90 Å². The number of aliphatic hydroxyl groups excluding tert-OH is 1. The van der Waals surface area contributed by atoms with E-state index in [-0.39, 0.29) is 18.6 Å². The Morgan fingerprint density at radius 2 is 2.40 bits per heavy atom. The fourth-order valence-corrected chi connectivity index (χ4v) is 1.28. The normalized spacial score (nSPS) is 12.2. The number of rotatable bonds is 4. The molecule has 0 aliphatic carbocycles. The first-order valence-electron chi connectivity index (χ1n) is 4.70. The van der Waals surface area contributed by atoms with E-state index in [1.54, 1.807) is 18.3 Å². The molecular weight excluding hydrogens is 260 g/mol. The second kappa shape index (κ2) is 5.82. The lowest BCUT2D eigenvalue weighted by molar-refractivity contribution is 0.0910. The second-order valence-electron chi connectivity index (χ2n) is 3.12. The maximum atomic E-state index is 11.6. The Balaban J connectivity index is 2.64. The highest BCUT2D eigenvalue weighted by molar-refractivity contribution is 9.10. The molecule has 0 aliphatic rings. The lowest BCUT2D eigenvalue weighted by Crippen LogP contribution is -2.37. The summed E-state index contributed by atoms with van der Waals surface area (Å²) in [6, 6.07) is 3.17. The zero-order valence-corrected chi connectivity index (χ0v) is 9.99. The Morgan fingerprint density at radius 3 is 2.87 bits per heavy atom. The zero-order valence-electron chi connectivity index (χ0n) is 8.40. The van der Waals surface area contributed by atoms with E-state index in [9.17, 15) is 4.79 Å². The summed E-state index contributed by atoms with van der Waals surface area (Å²) in [6.07, 6.45) is 2.26. The summed E-state index contributed by atoms with van der Waals surface area (Å²) >= 11 is 3.24. The average Bonchev–Trinajstić information content (AvgIpc) is 2.26. The van der Waals surface area contributed by atoms with E-state index in [4.69, 9.17) is 5.11 Å². The van der Waals surface area contributed by atoms with Crippen LogP contribution < -0.4 is 5.32 Å². The van der Waals surface area contributed by atoms with Crippen LogP contribution in [-0.4, -0.2) is 28.6 Å². The van der Waals surface area contributed by atoms with Gasteiger partial charge in [0.1, 0.15) is 5.69 Å². The molecule has 15 heavy (non-hydrogen) atoms. The van der Waals surface area contributed by atoms with Gasteiger partial charge in [0.15, 0.2) is 0 Å². The van der Waals surface area contributed by atoms with Crippen LogP contribution >= 0.6 is 15.9 Å². The monoisotopic (exact) mass is 272 g/mol. The number of amides is 1. The first-order chi connectivity index (χ1) is 7.17. The van der Waals surface area contributed by atoms with Crippen LogP contribution in [0.15, 0.2) is 22.8 Å². The van der Waals surface area contributed by atoms with Crippen molar-refractivity contribution in [1.82, 2.24) is 10.3 Å². The van der Waals surface area contributed by atoms with E-state index >= 15 is 0 Å². The third kappa shape index (κ3) is 3.60. The van der Waals surface area contributed by atoms with Gasteiger partial charge in [-0.1, -0.05) is 6.92 Å². The zero-order chi connectivity index (χ0) is 11.3. The molecule has 1 amide bonds. The number of aromatic nitrogens is 1. The predicted molar refractivity (Wildman–Crippen MR) is 60.6 cm³/mol. The summed E-state index contributed by atoms with van der Waals surface area (Å²) in [5.41, 5.74) is 0.352. The molecule has 1 aromatic rings. The largest absolute Gasteiger partial charge is 0.394 e. The molecule has 1 aromatic heterocycles. The third-order valence-electron chi connectivity index (χ3n) is 2.01. The van der Waals surface area contributed by atoms with E-state index in [0.717, 1.165) is 4.47 Å². The molecule has 0 bridgehead atoms. The molecule has 0 aliphatic heterocycles. The van der Waals surface area contributed by atoms with Crippen LogP contribution in [0.4, 0.5) is 0 Å². The van der Waals surface area contributed by atoms with E-state index in [0.29, 0.717) is 12.1 Å². The van der Waals surface area contributed by atoms with Gasteiger partial charge < -0.3 is 10.4 Å². The SMILES string of the molecule is CCC(CO)NC(=O)c1ccc(Br)cn1. The molecular formula is C10H13BrN2O2. The van der Waals surface area contributed by atoms with Crippen molar-refractivity contribution in [3.8, 4) is 0 Å². The van der Waals surface area contributed by atoms with E-state index < -0.39 is 0 Å². The Kier molecular flexibility index (Phi) is 4.71. The molecule has 0 fully saturated rings. The molecule has 0 radical (unpaired) electrons. The minimum atomic E-state index is -0.261. The van der Waals surface area contributed by atoms with Crippen LogP contribution in [0.3, 0.4) is 0 Å². The number of pyridine rings is 1. The number of carbonyl (C=O) groups excluding carboxylic acids is 1. The number of hydrogen-bond donors (Lipinski definition) is 2. The Hall–Kier alpha value is -0.940. The predicted octanol–water partition coefficient (Wildman–Crippen LogP) is 1.34. The second-order valence-corrected chi connectivity index (χ2v) is 4.04. The number of halogens is 1. The van der Waals surface area contributed by atoms with E-state index in [1.807, 2.05) is 6.92 Å². The molecule has 82 valence electrons. The maximum absolute atomic E-state index is 11.6. The lowest BCUT2D eigenvalue weighted by Gasteiger charge is -2.13. The molecule has 0 spiro atoms.